The van der Waals surface area contributed by atoms with E-state index in [1.54, 1.807) is 12.1 Å². The summed E-state index contributed by atoms with van der Waals surface area (Å²) in [6.07, 6.45) is 3.73. The molecular formula is C12H12ClF. The molecule has 0 nitrogen and oxygen atoms in total. The zero-order valence-corrected chi connectivity index (χ0v) is 8.98. The summed E-state index contributed by atoms with van der Waals surface area (Å²) in [5.41, 5.74) is 2.00. The van der Waals surface area contributed by atoms with E-state index >= 15 is 0 Å². The summed E-state index contributed by atoms with van der Waals surface area (Å²) < 4.78 is 12.6. The Labute approximate surface area is 88.7 Å². The first-order valence-corrected chi connectivity index (χ1v) is 4.74. The van der Waals surface area contributed by atoms with E-state index in [0.717, 1.165) is 5.56 Å². The summed E-state index contributed by atoms with van der Waals surface area (Å²) in [6, 6.07) is 6.11. The molecular weight excluding hydrogens is 199 g/mol. The summed E-state index contributed by atoms with van der Waals surface area (Å²) >= 11 is 6.00. The van der Waals surface area contributed by atoms with Crippen LogP contribution in [0.25, 0.3) is 5.03 Å². The van der Waals surface area contributed by atoms with E-state index in [1.807, 2.05) is 26.0 Å². The number of hydrogen-bond donors (Lipinski definition) is 0. The highest BCUT2D eigenvalue weighted by atomic mass is 35.5. The molecule has 0 unspecified atom stereocenters. The van der Waals surface area contributed by atoms with Crippen molar-refractivity contribution in [1.29, 1.82) is 0 Å². The normalized spacial score (nSPS) is 11.3. The quantitative estimate of drug-likeness (QED) is 0.636. The van der Waals surface area contributed by atoms with Gasteiger partial charge in [0.2, 0.25) is 0 Å². The van der Waals surface area contributed by atoms with Gasteiger partial charge in [-0.2, -0.15) is 0 Å². The fourth-order valence-electron chi connectivity index (χ4n) is 0.945. The molecule has 2 heteroatoms. The average molecular weight is 211 g/mol. The van der Waals surface area contributed by atoms with Crippen LogP contribution in [-0.4, -0.2) is 0 Å². The Morgan fingerprint density at radius 3 is 2.21 bits per heavy atom. The summed E-state index contributed by atoms with van der Waals surface area (Å²) in [4.78, 5) is 0. The van der Waals surface area contributed by atoms with E-state index in [1.165, 1.54) is 17.7 Å². The van der Waals surface area contributed by atoms with E-state index in [2.05, 4.69) is 0 Å². The summed E-state index contributed by atoms with van der Waals surface area (Å²) in [6.45, 7) is 3.98. The molecule has 0 fully saturated rings. The Morgan fingerprint density at radius 1 is 1.14 bits per heavy atom. The van der Waals surface area contributed by atoms with Gasteiger partial charge in [-0.25, -0.2) is 4.39 Å². The summed E-state index contributed by atoms with van der Waals surface area (Å²) in [5.74, 6) is -0.250. The number of allylic oxidation sites excluding steroid dienone is 3. The lowest BCUT2D eigenvalue weighted by atomic mass is 10.2. The maximum atomic E-state index is 12.6. The van der Waals surface area contributed by atoms with Crippen molar-refractivity contribution in [3.8, 4) is 0 Å². The SMILES string of the molecule is CC(C)=CC=C(Cl)c1ccc(F)cc1. The first-order valence-electron chi connectivity index (χ1n) is 4.36. The monoisotopic (exact) mass is 210 g/mol. The molecule has 0 bridgehead atoms. The highest BCUT2D eigenvalue weighted by Gasteiger charge is 1.96. The minimum absolute atomic E-state index is 0.250. The van der Waals surface area contributed by atoms with Crippen LogP contribution in [0.3, 0.4) is 0 Å². The molecule has 74 valence electrons. The molecule has 0 aliphatic carbocycles. The standard InChI is InChI=1S/C12H12ClF/c1-9(2)3-8-12(13)10-4-6-11(14)7-5-10/h3-8H,1-2H3. The molecule has 0 heterocycles. The molecule has 0 amide bonds. The number of benzene rings is 1. The van der Waals surface area contributed by atoms with Gasteiger partial charge in [-0.1, -0.05) is 35.4 Å². The van der Waals surface area contributed by atoms with Crippen LogP contribution >= 0.6 is 11.6 Å². The van der Waals surface area contributed by atoms with Gasteiger partial charge < -0.3 is 0 Å². The van der Waals surface area contributed by atoms with Crippen LogP contribution in [0.15, 0.2) is 42.0 Å². The minimum Gasteiger partial charge on any atom is -0.207 e. The molecule has 1 aromatic rings. The second-order valence-electron chi connectivity index (χ2n) is 3.27. The van der Waals surface area contributed by atoms with Gasteiger partial charge in [-0.05, 0) is 37.6 Å². The molecule has 0 aliphatic rings. The Hall–Kier alpha value is -1.08. The first-order chi connectivity index (χ1) is 6.59. The molecule has 0 aromatic heterocycles. The predicted octanol–water partition coefficient (Wildman–Crippen LogP) is 4.37. The Morgan fingerprint density at radius 2 is 1.71 bits per heavy atom. The third-order valence-electron chi connectivity index (χ3n) is 1.68. The summed E-state index contributed by atoms with van der Waals surface area (Å²) in [5, 5.41) is 0.617. The second-order valence-corrected chi connectivity index (χ2v) is 3.67. The van der Waals surface area contributed by atoms with Crippen molar-refractivity contribution in [3.63, 3.8) is 0 Å². The van der Waals surface area contributed by atoms with Crippen molar-refractivity contribution in [3.05, 3.63) is 53.4 Å². The van der Waals surface area contributed by atoms with Crippen molar-refractivity contribution in [1.82, 2.24) is 0 Å². The number of rotatable bonds is 2. The van der Waals surface area contributed by atoms with Crippen molar-refractivity contribution in [2.45, 2.75) is 13.8 Å². The molecule has 0 radical (unpaired) electrons. The van der Waals surface area contributed by atoms with Crippen LogP contribution in [0.5, 0.6) is 0 Å². The third kappa shape index (κ3) is 3.35. The van der Waals surface area contributed by atoms with Crippen molar-refractivity contribution in [2.24, 2.45) is 0 Å². The molecule has 0 spiro atoms. The zero-order valence-electron chi connectivity index (χ0n) is 8.22. The highest BCUT2D eigenvalue weighted by molar-refractivity contribution is 6.48. The molecule has 1 rings (SSSR count). The molecule has 0 atom stereocenters. The van der Waals surface area contributed by atoms with E-state index in [9.17, 15) is 4.39 Å². The smallest absolute Gasteiger partial charge is 0.123 e. The Balaban J connectivity index is 2.89. The van der Waals surface area contributed by atoms with Crippen LogP contribution in [0.1, 0.15) is 19.4 Å². The van der Waals surface area contributed by atoms with Crippen LogP contribution in [0, 0.1) is 5.82 Å². The second kappa shape index (κ2) is 4.97. The molecule has 1 aromatic carbocycles. The largest absolute Gasteiger partial charge is 0.207 e. The predicted molar refractivity (Wildman–Crippen MR) is 59.7 cm³/mol. The van der Waals surface area contributed by atoms with E-state index in [4.69, 9.17) is 11.6 Å². The van der Waals surface area contributed by atoms with E-state index < -0.39 is 0 Å². The molecule has 14 heavy (non-hydrogen) atoms. The van der Waals surface area contributed by atoms with Gasteiger partial charge in [0, 0.05) is 5.03 Å². The van der Waals surface area contributed by atoms with Gasteiger partial charge >= 0.3 is 0 Å². The Bertz CT molecular complexity index is 356. The van der Waals surface area contributed by atoms with Gasteiger partial charge in [0.25, 0.3) is 0 Å². The van der Waals surface area contributed by atoms with E-state index in [0.29, 0.717) is 5.03 Å². The lowest BCUT2D eigenvalue weighted by Crippen LogP contribution is -1.78. The van der Waals surface area contributed by atoms with Gasteiger partial charge in [-0.15, -0.1) is 0 Å². The third-order valence-corrected chi connectivity index (χ3v) is 2.03. The lowest BCUT2D eigenvalue weighted by molar-refractivity contribution is 0.627. The minimum atomic E-state index is -0.250. The van der Waals surface area contributed by atoms with Crippen LogP contribution in [-0.2, 0) is 0 Å². The number of halogens is 2. The van der Waals surface area contributed by atoms with Gasteiger partial charge in [-0.3, -0.25) is 0 Å². The van der Waals surface area contributed by atoms with Gasteiger partial charge in [0.1, 0.15) is 5.82 Å². The van der Waals surface area contributed by atoms with E-state index in [-0.39, 0.29) is 5.82 Å². The van der Waals surface area contributed by atoms with Crippen molar-refractivity contribution >= 4 is 16.6 Å². The molecule has 0 saturated heterocycles. The van der Waals surface area contributed by atoms with Crippen LogP contribution < -0.4 is 0 Å². The zero-order chi connectivity index (χ0) is 10.6. The maximum Gasteiger partial charge on any atom is 0.123 e. The summed E-state index contributed by atoms with van der Waals surface area (Å²) in [7, 11) is 0. The van der Waals surface area contributed by atoms with Crippen LogP contribution in [0.2, 0.25) is 0 Å². The van der Waals surface area contributed by atoms with Crippen LogP contribution in [0.4, 0.5) is 4.39 Å². The molecule has 0 aliphatic heterocycles. The average Bonchev–Trinajstić information content (AvgIpc) is 2.15. The Kier molecular flexibility index (Phi) is 3.90. The van der Waals surface area contributed by atoms with Gasteiger partial charge in [0.15, 0.2) is 0 Å². The highest BCUT2D eigenvalue weighted by Crippen LogP contribution is 2.19. The lowest BCUT2D eigenvalue weighted by Gasteiger charge is -1.97. The van der Waals surface area contributed by atoms with Crippen molar-refractivity contribution in [2.75, 3.05) is 0 Å². The first kappa shape index (κ1) is 11.0. The number of hydrogen-bond acceptors (Lipinski definition) is 0. The maximum absolute atomic E-state index is 12.6. The van der Waals surface area contributed by atoms with Crippen molar-refractivity contribution < 1.29 is 4.39 Å². The molecule has 0 saturated carbocycles. The fourth-order valence-corrected chi connectivity index (χ4v) is 1.13. The molecule has 0 N–H and O–H groups in total. The van der Waals surface area contributed by atoms with Gasteiger partial charge in [0.05, 0.1) is 0 Å². The fraction of sp³-hybridized carbons (Fsp3) is 0.167. The topological polar surface area (TPSA) is 0 Å².